The second-order valence-electron chi connectivity index (χ2n) is 5.31. The molecule has 2 N–H and O–H groups in total. The van der Waals surface area contributed by atoms with Crippen molar-refractivity contribution in [2.24, 2.45) is 0 Å². The molecule has 0 aromatic rings. The summed E-state index contributed by atoms with van der Waals surface area (Å²) in [5.41, 5.74) is 4.92. The molecule has 1 aliphatic rings. The van der Waals surface area contributed by atoms with Gasteiger partial charge in [-0.1, -0.05) is 0 Å². The predicted octanol–water partition coefficient (Wildman–Crippen LogP) is 1.21. The van der Waals surface area contributed by atoms with Gasteiger partial charge in [-0.15, -0.1) is 0 Å². The van der Waals surface area contributed by atoms with Crippen molar-refractivity contribution in [3.05, 3.63) is 0 Å². The Labute approximate surface area is 108 Å². The molecule has 0 spiro atoms. The first-order valence-corrected chi connectivity index (χ1v) is 6.26. The molecule has 0 aromatic carbocycles. The molecule has 0 saturated heterocycles. The number of amides is 1. The van der Waals surface area contributed by atoms with Crippen LogP contribution in [0.1, 0.15) is 34.1 Å². The average Bonchev–Trinajstić information content (AvgIpc) is 2.20. The standard InChI is InChI=1S/C12H24N2O4/c1-6-17-9-7-8(10(9)16-5)13-14-11(15)18-12(2,3)4/h8-10,13H,6-7H2,1-5H3,(H,14,15). The number of nitrogens with one attached hydrogen (secondary N) is 2. The summed E-state index contributed by atoms with van der Waals surface area (Å²) in [6, 6.07) is 0.0547. The zero-order valence-electron chi connectivity index (χ0n) is 11.8. The molecule has 3 unspecified atom stereocenters. The molecule has 6 heteroatoms. The smallest absolute Gasteiger partial charge is 0.422 e. The summed E-state index contributed by atoms with van der Waals surface area (Å²) >= 11 is 0. The first kappa shape index (κ1) is 15.2. The highest BCUT2D eigenvalue weighted by Gasteiger charge is 2.42. The van der Waals surface area contributed by atoms with E-state index < -0.39 is 11.7 Å². The normalized spacial score (nSPS) is 27.5. The Hall–Kier alpha value is -0.850. The van der Waals surface area contributed by atoms with Gasteiger partial charge in [0, 0.05) is 13.7 Å². The Morgan fingerprint density at radius 2 is 2.06 bits per heavy atom. The van der Waals surface area contributed by atoms with E-state index in [4.69, 9.17) is 14.2 Å². The van der Waals surface area contributed by atoms with Gasteiger partial charge >= 0.3 is 6.09 Å². The number of rotatable bonds is 5. The second kappa shape index (κ2) is 6.36. The van der Waals surface area contributed by atoms with Crippen molar-refractivity contribution in [2.45, 2.75) is 58.0 Å². The Morgan fingerprint density at radius 1 is 1.39 bits per heavy atom. The maximum absolute atomic E-state index is 11.4. The van der Waals surface area contributed by atoms with Crippen molar-refractivity contribution in [2.75, 3.05) is 13.7 Å². The minimum absolute atomic E-state index is 0.0418. The van der Waals surface area contributed by atoms with Gasteiger partial charge in [-0.2, -0.15) is 0 Å². The molecule has 0 aliphatic heterocycles. The van der Waals surface area contributed by atoms with Crippen LogP contribution in [0.4, 0.5) is 4.79 Å². The van der Waals surface area contributed by atoms with E-state index in [1.807, 2.05) is 27.7 Å². The first-order valence-electron chi connectivity index (χ1n) is 6.26. The first-order chi connectivity index (χ1) is 8.37. The monoisotopic (exact) mass is 260 g/mol. The molecule has 18 heavy (non-hydrogen) atoms. The van der Waals surface area contributed by atoms with E-state index in [0.717, 1.165) is 6.42 Å². The van der Waals surface area contributed by atoms with E-state index in [2.05, 4.69) is 10.9 Å². The average molecular weight is 260 g/mol. The third kappa shape index (κ3) is 4.44. The Bertz CT molecular complexity index is 278. The summed E-state index contributed by atoms with van der Waals surface area (Å²) in [7, 11) is 1.64. The lowest BCUT2D eigenvalue weighted by Gasteiger charge is -2.43. The highest BCUT2D eigenvalue weighted by atomic mass is 16.6. The van der Waals surface area contributed by atoms with Crippen LogP contribution in [-0.4, -0.2) is 43.7 Å². The Balaban J connectivity index is 2.26. The van der Waals surface area contributed by atoms with Gasteiger partial charge in [-0.25, -0.2) is 10.2 Å². The fraction of sp³-hybridized carbons (Fsp3) is 0.917. The van der Waals surface area contributed by atoms with E-state index in [1.165, 1.54) is 0 Å². The van der Waals surface area contributed by atoms with E-state index in [-0.39, 0.29) is 18.2 Å². The summed E-state index contributed by atoms with van der Waals surface area (Å²) in [5.74, 6) is 0. The van der Waals surface area contributed by atoms with Crippen LogP contribution in [-0.2, 0) is 14.2 Å². The Morgan fingerprint density at radius 3 is 2.56 bits per heavy atom. The molecule has 0 aromatic heterocycles. The number of methoxy groups -OCH3 is 1. The van der Waals surface area contributed by atoms with Gasteiger partial charge in [0.05, 0.1) is 12.1 Å². The van der Waals surface area contributed by atoms with Crippen LogP contribution < -0.4 is 10.9 Å². The molecular weight excluding hydrogens is 236 g/mol. The van der Waals surface area contributed by atoms with Gasteiger partial charge in [0.25, 0.3) is 0 Å². The van der Waals surface area contributed by atoms with Gasteiger partial charge in [0.1, 0.15) is 11.7 Å². The summed E-state index contributed by atoms with van der Waals surface area (Å²) in [5, 5.41) is 0. The lowest BCUT2D eigenvalue weighted by atomic mass is 9.86. The molecule has 0 radical (unpaired) electrons. The van der Waals surface area contributed by atoms with Gasteiger partial charge in [-0.3, -0.25) is 5.43 Å². The van der Waals surface area contributed by atoms with Crippen molar-refractivity contribution >= 4 is 6.09 Å². The molecule has 3 atom stereocenters. The number of carbonyl (C=O) groups excluding carboxylic acids is 1. The highest BCUT2D eigenvalue weighted by molar-refractivity contribution is 5.67. The largest absolute Gasteiger partial charge is 0.443 e. The van der Waals surface area contributed by atoms with E-state index in [9.17, 15) is 4.79 Å². The molecular formula is C12H24N2O4. The van der Waals surface area contributed by atoms with Crippen molar-refractivity contribution < 1.29 is 19.0 Å². The molecule has 6 nitrogen and oxygen atoms in total. The van der Waals surface area contributed by atoms with E-state index in [0.29, 0.717) is 6.61 Å². The lowest BCUT2D eigenvalue weighted by Crippen LogP contribution is -2.63. The third-order valence-electron chi connectivity index (χ3n) is 2.66. The van der Waals surface area contributed by atoms with Crippen molar-refractivity contribution in [3.63, 3.8) is 0 Å². The van der Waals surface area contributed by atoms with Gasteiger partial charge < -0.3 is 14.2 Å². The summed E-state index contributed by atoms with van der Waals surface area (Å²) < 4.78 is 15.9. The highest BCUT2D eigenvalue weighted by Crippen LogP contribution is 2.26. The number of hydrogen-bond donors (Lipinski definition) is 2. The molecule has 1 rings (SSSR count). The summed E-state index contributed by atoms with van der Waals surface area (Å²) in [4.78, 5) is 11.4. The second-order valence-corrected chi connectivity index (χ2v) is 5.31. The molecule has 1 aliphatic carbocycles. The van der Waals surface area contributed by atoms with Crippen molar-refractivity contribution in [3.8, 4) is 0 Å². The van der Waals surface area contributed by atoms with Crippen LogP contribution in [0.2, 0.25) is 0 Å². The molecule has 0 bridgehead atoms. The van der Waals surface area contributed by atoms with Gasteiger partial charge in [0.2, 0.25) is 0 Å². The third-order valence-corrected chi connectivity index (χ3v) is 2.66. The topological polar surface area (TPSA) is 68.8 Å². The Kier molecular flexibility index (Phi) is 5.37. The minimum atomic E-state index is -0.500. The fourth-order valence-corrected chi connectivity index (χ4v) is 1.87. The number of ether oxygens (including phenoxy) is 3. The maximum atomic E-state index is 11.4. The maximum Gasteiger partial charge on any atom is 0.422 e. The zero-order chi connectivity index (χ0) is 13.8. The van der Waals surface area contributed by atoms with E-state index >= 15 is 0 Å². The van der Waals surface area contributed by atoms with Gasteiger partial charge in [-0.05, 0) is 34.1 Å². The SMILES string of the molecule is CCOC1CC(NNC(=O)OC(C)(C)C)C1OC. The molecule has 1 amide bonds. The number of carbonyl (C=O) groups is 1. The zero-order valence-corrected chi connectivity index (χ0v) is 11.8. The molecule has 106 valence electrons. The van der Waals surface area contributed by atoms with Crippen molar-refractivity contribution in [1.29, 1.82) is 0 Å². The van der Waals surface area contributed by atoms with Crippen LogP contribution in [0.15, 0.2) is 0 Å². The number of hydrogen-bond acceptors (Lipinski definition) is 5. The van der Waals surface area contributed by atoms with Crippen LogP contribution in [0.3, 0.4) is 0 Å². The minimum Gasteiger partial charge on any atom is -0.443 e. The van der Waals surface area contributed by atoms with Crippen LogP contribution in [0.5, 0.6) is 0 Å². The molecule has 1 saturated carbocycles. The fourth-order valence-electron chi connectivity index (χ4n) is 1.87. The van der Waals surface area contributed by atoms with E-state index in [1.54, 1.807) is 7.11 Å². The predicted molar refractivity (Wildman–Crippen MR) is 67.1 cm³/mol. The summed E-state index contributed by atoms with van der Waals surface area (Å²) in [6.07, 6.45) is 0.373. The lowest BCUT2D eigenvalue weighted by molar-refractivity contribution is -0.133. The molecule has 0 heterocycles. The van der Waals surface area contributed by atoms with Crippen LogP contribution in [0, 0.1) is 0 Å². The van der Waals surface area contributed by atoms with Crippen LogP contribution >= 0.6 is 0 Å². The number of hydrazine groups is 1. The van der Waals surface area contributed by atoms with Gasteiger partial charge in [0.15, 0.2) is 0 Å². The quantitative estimate of drug-likeness (QED) is 0.727. The van der Waals surface area contributed by atoms with Crippen molar-refractivity contribution in [1.82, 2.24) is 10.9 Å². The van der Waals surface area contributed by atoms with Crippen LogP contribution in [0.25, 0.3) is 0 Å². The summed E-state index contributed by atoms with van der Waals surface area (Å²) in [6.45, 7) is 8.07. The molecule has 1 fully saturated rings.